The molecule has 0 spiro atoms. The molecule has 0 aliphatic carbocycles. The molecule has 0 bridgehead atoms. The van der Waals surface area contributed by atoms with Crippen molar-refractivity contribution in [2.24, 2.45) is 0 Å². The molecule has 0 radical (unpaired) electrons. The highest BCUT2D eigenvalue weighted by Crippen LogP contribution is 2.18. The highest BCUT2D eigenvalue weighted by atomic mass is 35.5. The minimum absolute atomic E-state index is 0.172. The van der Waals surface area contributed by atoms with E-state index in [9.17, 15) is 4.39 Å². The van der Waals surface area contributed by atoms with Gasteiger partial charge in [-0.15, -0.1) is 0 Å². The summed E-state index contributed by atoms with van der Waals surface area (Å²) in [6, 6.07) is 3.26. The van der Waals surface area contributed by atoms with Crippen LogP contribution in [-0.2, 0) is 6.54 Å². The van der Waals surface area contributed by atoms with E-state index in [-0.39, 0.29) is 12.4 Å². The Bertz CT molecular complexity index is 376. The molecule has 1 aromatic rings. The summed E-state index contributed by atoms with van der Waals surface area (Å²) in [5.41, 5.74) is 1.20. The number of hydrogen-bond donors (Lipinski definition) is 3. The first kappa shape index (κ1) is 21.7. The van der Waals surface area contributed by atoms with Gasteiger partial charge in [0.25, 0.3) is 0 Å². The van der Waals surface area contributed by atoms with Gasteiger partial charge in [-0.2, -0.15) is 0 Å². The smallest absolute Gasteiger partial charge is 0.130 e. The highest BCUT2D eigenvalue weighted by Gasteiger charge is 2.05. The summed E-state index contributed by atoms with van der Waals surface area (Å²) in [7, 11) is 3.58. The fraction of sp³-hybridized carbons (Fsp3) is 0.500. The van der Waals surface area contributed by atoms with E-state index in [2.05, 4.69) is 22.9 Å². The number of aliphatic hydroxyl groups is 1. The zero-order valence-corrected chi connectivity index (χ0v) is 14.0. The molecule has 6 heteroatoms. The molecule has 0 atom stereocenters. The summed E-state index contributed by atoms with van der Waals surface area (Å²) in [4.78, 5) is 0. The summed E-state index contributed by atoms with van der Waals surface area (Å²) in [6.45, 7) is 4.96. The maximum absolute atomic E-state index is 13.3. The van der Waals surface area contributed by atoms with Crippen LogP contribution >= 0.6 is 23.8 Å². The Kier molecular flexibility index (Phi) is 16.1. The molecule has 3 N–H and O–H groups in total. The average molecular weight is 323 g/mol. The van der Waals surface area contributed by atoms with Gasteiger partial charge in [0.2, 0.25) is 0 Å². The number of rotatable bonds is 4. The first-order valence-electron chi connectivity index (χ1n) is 6.22. The lowest BCUT2D eigenvalue weighted by molar-refractivity contribution is 0.296. The summed E-state index contributed by atoms with van der Waals surface area (Å²) in [5.74, 6) is -0.172. The summed E-state index contributed by atoms with van der Waals surface area (Å²) in [5, 5.41) is 15.8. The van der Waals surface area contributed by atoms with Crippen molar-refractivity contribution in [3.05, 3.63) is 34.1 Å². The van der Waals surface area contributed by atoms with Crippen molar-refractivity contribution < 1.29 is 9.50 Å². The largest absolute Gasteiger partial charge is 0.395 e. The molecule has 0 aliphatic heterocycles. The standard InChI is InChI=1S/C9H11ClFN.C3H9NO.C2H4S/c1-6-3-8(10)4-7(5-12-2)9(6)11;1-4-2-3-5;1-2-3/h3-4,12H,5H2,1-2H3;4-5H,2-3H2,1H3;2H,1H3. The normalized spacial score (nSPS) is 8.95. The summed E-state index contributed by atoms with van der Waals surface area (Å²) < 4.78 is 13.3. The second-order valence-corrected chi connectivity index (χ2v) is 4.70. The van der Waals surface area contributed by atoms with E-state index >= 15 is 0 Å². The van der Waals surface area contributed by atoms with Gasteiger partial charge in [-0.05, 0) is 51.0 Å². The predicted octanol–water partition coefficient (Wildman–Crippen LogP) is 2.71. The van der Waals surface area contributed by atoms with Crippen molar-refractivity contribution in [2.45, 2.75) is 20.4 Å². The lowest BCUT2D eigenvalue weighted by Crippen LogP contribution is -2.10. The predicted molar refractivity (Wildman–Crippen MR) is 89.3 cm³/mol. The number of aliphatic hydroxyl groups excluding tert-OH is 1. The number of nitrogens with one attached hydrogen (secondary N) is 2. The van der Waals surface area contributed by atoms with Gasteiger partial charge in [-0.25, -0.2) is 4.39 Å². The second kappa shape index (κ2) is 14.8. The van der Waals surface area contributed by atoms with Crippen molar-refractivity contribution >= 4 is 29.2 Å². The minimum atomic E-state index is -0.172. The molecule has 20 heavy (non-hydrogen) atoms. The van der Waals surface area contributed by atoms with Gasteiger partial charge in [0, 0.05) is 23.7 Å². The average Bonchev–Trinajstić information content (AvgIpc) is 2.38. The molecule has 0 aliphatic rings. The van der Waals surface area contributed by atoms with Crippen LogP contribution in [-0.4, -0.2) is 37.7 Å². The van der Waals surface area contributed by atoms with Crippen molar-refractivity contribution in [2.75, 3.05) is 27.2 Å². The Hall–Kier alpha value is -0.590. The van der Waals surface area contributed by atoms with Crippen LogP contribution in [0.1, 0.15) is 18.1 Å². The van der Waals surface area contributed by atoms with Crippen LogP contribution in [0.3, 0.4) is 0 Å². The number of hydrogen-bond acceptors (Lipinski definition) is 4. The molecule has 1 aromatic carbocycles. The number of aryl methyl sites for hydroxylation is 1. The quantitative estimate of drug-likeness (QED) is 0.746. The maximum Gasteiger partial charge on any atom is 0.130 e. The first-order valence-corrected chi connectivity index (χ1v) is 7.07. The molecule has 1 rings (SSSR count). The molecule has 0 amide bonds. The molecule has 116 valence electrons. The third-order valence-electron chi connectivity index (χ3n) is 2.02. The van der Waals surface area contributed by atoms with Crippen molar-refractivity contribution in [1.82, 2.24) is 10.6 Å². The summed E-state index contributed by atoms with van der Waals surface area (Å²) in [6.07, 6.45) is 0. The number of benzene rings is 1. The van der Waals surface area contributed by atoms with E-state index in [1.807, 2.05) is 6.92 Å². The third-order valence-corrected chi connectivity index (χ3v) is 2.24. The van der Waals surface area contributed by atoms with E-state index < -0.39 is 0 Å². The van der Waals surface area contributed by atoms with Gasteiger partial charge in [0.1, 0.15) is 5.82 Å². The Balaban J connectivity index is 0. The molecule has 0 aromatic heterocycles. The Labute approximate surface area is 131 Å². The maximum atomic E-state index is 13.3. The molecular formula is C14H24ClFN2OS. The van der Waals surface area contributed by atoms with Crippen molar-refractivity contribution in [3.63, 3.8) is 0 Å². The van der Waals surface area contributed by atoms with Crippen molar-refractivity contribution in [3.8, 4) is 0 Å². The SMILES string of the molecule is CC=S.CNCCO.CNCc1cc(Cl)cc(C)c1F. The first-order chi connectivity index (χ1) is 9.48. The van der Waals surface area contributed by atoms with Crippen LogP contribution in [0.15, 0.2) is 12.1 Å². The van der Waals surface area contributed by atoms with E-state index in [0.717, 1.165) is 0 Å². The van der Waals surface area contributed by atoms with Crippen LogP contribution in [0.5, 0.6) is 0 Å². The monoisotopic (exact) mass is 322 g/mol. The van der Waals surface area contributed by atoms with Gasteiger partial charge in [0.05, 0.1) is 6.61 Å². The fourth-order valence-electron chi connectivity index (χ4n) is 1.23. The molecule has 0 saturated heterocycles. The fourth-order valence-corrected chi connectivity index (χ4v) is 1.52. The summed E-state index contributed by atoms with van der Waals surface area (Å²) >= 11 is 10.0. The molecule has 3 nitrogen and oxygen atoms in total. The van der Waals surface area contributed by atoms with Gasteiger partial charge < -0.3 is 15.7 Å². The number of likely N-dealkylation sites (N-methyl/N-ethyl adjacent to an activating group) is 1. The molecule has 0 heterocycles. The van der Waals surface area contributed by atoms with Crippen LogP contribution in [0.4, 0.5) is 4.39 Å². The molecule has 0 unspecified atom stereocenters. The van der Waals surface area contributed by atoms with Gasteiger partial charge in [0.15, 0.2) is 0 Å². The van der Waals surface area contributed by atoms with E-state index in [4.69, 9.17) is 16.7 Å². The topological polar surface area (TPSA) is 44.3 Å². The molecule has 0 saturated carbocycles. The zero-order valence-electron chi connectivity index (χ0n) is 12.5. The zero-order chi connectivity index (χ0) is 16.0. The van der Waals surface area contributed by atoms with Crippen LogP contribution in [0.2, 0.25) is 5.02 Å². The molecular weight excluding hydrogens is 299 g/mol. The molecule has 0 fully saturated rings. The third kappa shape index (κ3) is 11.3. The van der Waals surface area contributed by atoms with Gasteiger partial charge in [-0.1, -0.05) is 23.8 Å². The van der Waals surface area contributed by atoms with Crippen molar-refractivity contribution in [1.29, 1.82) is 0 Å². The highest BCUT2D eigenvalue weighted by molar-refractivity contribution is 7.78. The lowest BCUT2D eigenvalue weighted by atomic mass is 10.1. The number of halogens is 2. The number of thiocarbonyl (C=S) groups is 1. The Morgan fingerprint density at radius 3 is 2.25 bits per heavy atom. The van der Waals surface area contributed by atoms with Crippen LogP contribution < -0.4 is 10.6 Å². The van der Waals surface area contributed by atoms with Crippen LogP contribution in [0.25, 0.3) is 0 Å². The lowest BCUT2D eigenvalue weighted by Gasteiger charge is -2.05. The Morgan fingerprint density at radius 1 is 1.35 bits per heavy atom. The van der Waals surface area contributed by atoms with Crippen LogP contribution in [0, 0.1) is 12.7 Å². The van der Waals surface area contributed by atoms with Gasteiger partial charge >= 0.3 is 0 Å². The Morgan fingerprint density at radius 2 is 1.90 bits per heavy atom. The van der Waals surface area contributed by atoms with E-state index in [1.165, 1.54) is 0 Å². The van der Waals surface area contributed by atoms with E-state index in [0.29, 0.717) is 29.2 Å². The van der Waals surface area contributed by atoms with Gasteiger partial charge in [-0.3, -0.25) is 0 Å². The minimum Gasteiger partial charge on any atom is -0.395 e. The van der Waals surface area contributed by atoms with E-state index in [1.54, 1.807) is 38.5 Å². The second-order valence-electron chi connectivity index (χ2n) is 3.79.